The summed E-state index contributed by atoms with van der Waals surface area (Å²) < 4.78 is 0.767. The van der Waals surface area contributed by atoms with E-state index in [0.29, 0.717) is 0 Å². The van der Waals surface area contributed by atoms with Gasteiger partial charge in [0.05, 0.1) is 5.41 Å². The zero-order chi connectivity index (χ0) is 13.6. The molecule has 1 fully saturated rings. The van der Waals surface area contributed by atoms with Crippen LogP contribution in [-0.4, -0.2) is 16.5 Å². The van der Waals surface area contributed by atoms with Crippen molar-refractivity contribution in [3.63, 3.8) is 0 Å². The fourth-order valence-corrected chi connectivity index (χ4v) is 3.42. The van der Waals surface area contributed by atoms with Gasteiger partial charge in [-0.2, -0.15) is 0 Å². The van der Waals surface area contributed by atoms with E-state index in [0.717, 1.165) is 42.8 Å². The van der Waals surface area contributed by atoms with Crippen LogP contribution < -0.4 is 5.32 Å². The second-order valence-electron chi connectivity index (χ2n) is 5.72. The smallest absolute Gasteiger partial charge is 0.134 e. The highest BCUT2D eigenvalue weighted by molar-refractivity contribution is 7.71. The Labute approximate surface area is 123 Å². The minimum Gasteiger partial charge on any atom is -0.346 e. The lowest BCUT2D eigenvalue weighted by atomic mass is 9.94. The van der Waals surface area contributed by atoms with Crippen LogP contribution in [0.3, 0.4) is 0 Å². The molecule has 0 bridgehead atoms. The molecule has 2 heterocycles. The molecule has 2 aliphatic rings. The summed E-state index contributed by atoms with van der Waals surface area (Å²) in [6, 6.07) is 10.7. The molecule has 0 saturated heterocycles. The van der Waals surface area contributed by atoms with Crippen LogP contribution in [0.25, 0.3) is 0 Å². The van der Waals surface area contributed by atoms with Crippen LogP contribution in [0, 0.1) is 4.64 Å². The number of nitrogens with one attached hydrogen (secondary N) is 2. The van der Waals surface area contributed by atoms with Crippen molar-refractivity contribution in [3.05, 3.63) is 57.6 Å². The number of aromatic amines is 1. The predicted molar refractivity (Wildman–Crippen MR) is 81.3 cm³/mol. The lowest BCUT2D eigenvalue weighted by molar-refractivity contribution is 0.609. The van der Waals surface area contributed by atoms with Crippen LogP contribution in [0.5, 0.6) is 0 Å². The van der Waals surface area contributed by atoms with Gasteiger partial charge in [-0.25, -0.2) is 4.98 Å². The monoisotopic (exact) mass is 283 g/mol. The van der Waals surface area contributed by atoms with Crippen molar-refractivity contribution in [2.24, 2.45) is 0 Å². The largest absolute Gasteiger partial charge is 0.346 e. The van der Waals surface area contributed by atoms with Gasteiger partial charge in [0, 0.05) is 30.8 Å². The summed E-state index contributed by atoms with van der Waals surface area (Å²) >= 11 is 5.50. The summed E-state index contributed by atoms with van der Waals surface area (Å²) in [5, 5.41) is 3.36. The summed E-state index contributed by atoms with van der Waals surface area (Å²) in [6.45, 7) is 1.86. The van der Waals surface area contributed by atoms with Crippen molar-refractivity contribution in [2.75, 3.05) is 6.54 Å². The van der Waals surface area contributed by atoms with Crippen LogP contribution in [0.15, 0.2) is 30.3 Å². The maximum atomic E-state index is 5.50. The third kappa shape index (κ3) is 1.83. The summed E-state index contributed by atoms with van der Waals surface area (Å²) in [5.41, 5.74) is 3.89. The summed E-state index contributed by atoms with van der Waals surface area (Å²) in [4.78, 5) is 8.31. The molecule has 4 rings (SSSR count). The molecule has 1 aliphatic heterocycles. The Hall–Kier alpha value is -1.52. The minimum absolute atomic E-state index is 0.0781. The second-order valence-corrected chi connectivity index (χ2v) is 6.11. The van der Waals surface area contributed by atoms with E-state index < -0.39 is 0 Å². The highest BCUT2D eigenvalue weighted by atomic mass is 32.1. The highest BCUT2D eigenvalue weighted by Crippen LogP contribution is 2.52. The van der Waals surface area contributed by atoms with E-state index in [1.165, 1.54) is 16.8 Å². The van der Waals surface area contributed by atoms with E-state index in [1.807, 2.05) is 0 Å². The first-order valence-corrected chi connectivity index (χ1v) is 7.59. The van der Waals surface area contributed by atoms with Crippen molar-refractivity contribution >= 4 is 12.2 Å². The van der Waals surface area contributed by atoms with E-state index in [9.17, 15) is 0 Å². The van der Waals surface area contributed by atoms with E-state index in [4.69, 9.17) is 17.2 Å². The molecule has 2 N–H and O–H groups in total. The Balaban J connectivity index is 1.84. The number of fused-ring (bicyclic) bond motifs is 1. The molecule has 1 saturated carbocycles. The molecule has 0 spiro atoms. The predicted octanol–water partition coefficient (Wildman–Crippen LogP) is 2.86. The van der Waals surface area contributed by atoms with Gasteiger partial charge in [0.15, 0.2) is 0 Å². The molecule has 0 amide bonds. The van der Waals surface area contributed by atoms with Gasteiger partial charge in [0.1, 0.15) is 10.5 Å². The van der Waals surface area contributed by atoms with E-state index >= 15 is 0 Å². The van der Waals surface area contributed by atoms with Gasteiger partial charge in [-0.3, -0.25) is 0 Å². The molecular formula is C16H17N3S. The van der Waals surface area contributed by atoms with E-state index in [-0.39, 0.29) is 5.41 Å². The molecule has 1 aromatic carbocycles. The number of H-pyrrole nitrogens is 1. The fourth-order valence-electron chi connectivity index (χ4n) is 3.14. The molecule has 3 nitrogen and oxygen atoms in total. The van der Waals surface area contributed by atoms with Crippen molar-refractivity contribution in [1.29, 1.82) is 0 Å². The molecule has 0 atom stereocenters. The lowest BCUT2D eigenvalue weighted by Crippen LogP contribution is -2.27. The van der Waals surface area contributed by atoms with Crippen LogP contribution in [0.2, 0.25) is 0 Å². The summed E-state index contributed by atoms with van der Waals surface area (Å²) in [5.74, 6) is 1.06. The lowest BCUT2D eigenvalue weighted by Gasteiger charge is -2.21. The Morgan fingerprint density at radius 3 is 2.70 bits per heavy atom. The molecule has 1 aromatic heterocycles. The molecule has 4 heteroatoms. The normalized spacial score (nSPS) is 19.4. The first-order chi connectivity index (χ1) is 9.79. The Morgan fingerprint density at radius 1 is 1.15 bits per heavy atom. The topological polar surface area (TPSA) is 40.7 Å². The number of rotatable bonds is 2. The Morgan fingerprint density at radius 2 is 1.95 bits per heavy atom. The Bertz CT molecular complexity index is 701. The first-order valence-electron chi connectivity index (χ1n) is 7.18. The van der Waals surface area contributed by atoms with Crippen molar-refractivity contribution in [1.82, 2.24) is 15.3 Å². The first kappa shape index (κ1) is 12.2. The fraction of sp³-hybridized carbons (Fsp3) is 0.375. The number of aromatic nitrogens is 2. The molecule has 2 aromatic rings. The second kappa shape index (κ2) is 4.50. The zero-order valence-electron chi connectivity index (χ0n) is 11.3. The van der Waals surface area contributed by atoms with Crippen molar-refractivity contribution in [3.8, 4) is 0 Å². The van der Waals surface area contributed by atoms with Crippen LogP contribution >= 0.6 is 12.2 Å². The Kier molecular flexibility index (Phi) is 2.75. The summed E-state index contributed by atoms with van der Waals surface area (Å²) in [6.07, 6.45) is 3.33. The highest BCUT2D eigenvalue weighted by Gasteiger charge is 2.48. The maximum Gasteiger partial charge on any atom is 0.134 e. The SMILES string of the molecule is S=c1nc(C2(c3ccccc3)CC2)[nH]c2c1CNCC2. The van der Waals surface area contributed by atoms with Gasteiger partial charge in [-0.1, -0.05) is 42.5 Å². The minimum atomic E-state index is 0.0781. The van der Waals surface area contributed by atoms with Crippen molar-refractivity contribution < 1.29 is 0 Å². The average Bonchev–Trinajstić information content (AvgIpc) is 3.30. The van der Waals surface area contributed by atoms with Crippen LogP contribution in [0.4, 0.5) is 0 Å². The van der Waals surface area contributed by atoms with Crippen LogP contribution in [0.1, 0.15) is 35.5 Å². The van der Waals surface area contributed by atoms with Gasteiger partial charge >= 0.3 is 0 Å². The van der Waals surface area contributed by atoms with Crippen molar-refractivity contribution in [2.45, 2.75) is 31.2 Å². The van der Waals surface area contributed by atoms with Gasteiger partial charge in [-0.05, 0) is 18.4 Å². The van der Waals surface area contributed by atoms with Crippen LogP contribution in [-0.2, 0) is 18.4 Å². The third-order valence-corrected chi connectivity index (χ3v) is 4.83. The number of hydrogen-bond donors (Lipinski definition) is 2. The van der Waals surface area contributed by atoms with E-state index in [2.05, 4.69) is 40.6 Å². The van der Waals surface area contributed by atoms with Gasteiger partial charge in [0.25, 0.3) is 0 Å². The zero-order valence-corrected chi connectivity index (χ0v) is 12.1. The third-order valence-electron chi connectivity index (χ3n) is 4.49. The standard InChI is InChI=1S/C16H17N3S/c20-14-12-10-17-9-6-13(12)18-15(19-14)16(7-8-16)11-4-2-1-3-5-11/h1-5,17H,6-10H2,(H,18,19,20). The molecule has 1 aliphatic carbocycles. The average molecular weight is 283 g/mol. The molecule has 0 unspecified atom stereocenters. The number of hydrogen-bond acceptors (Lipinski definition) is 3. The number of nitrogens with zero attached hydrogens (tertiary/aromatic N) is 1. The van der Waals surface area contributed by atoms with E-state index in [1.54, 1.807) is 0 Å². The van der Waals surface area contributed by atoms with Gasteiger partial charge in [-0.15, -0.1) is 0 Å². The van der Waals surface area contributed by atoms with Gasteiger partial charge in [0.2, 0.25) is 0 Å². The van der Waals surface area contributed by atoms with Gasteiger partial charge < -0.3 is 10.3 Å². The maximum absolute atomic E-state index is 5.50. The molecule has 20 heavy (non-hydrogen) atoms. The summed E-state index contributed by atoms with van der Waals surface area (Å²) in [7, 11) is 0. The molecule has 102 valence electrons. The molecule has 0 radical (unpaired) electrons. The number of benzene rings is 1. The molecular weight excluding hydrogens is 266 g/mol. The quantitative estimate of drug-likeness (QED) is 0.833.